The van der Waals surface area contributed by atoms with E-state index < -0.39 is 0 Å². The summed E-state index contributed by atoms with van der Waals surface area (Å²) in [6.07, 6.45) is 0.431. The van der Waals surface area contributed by atoms with Crippen molar-refractivity contribution in [2.45, 2.75) is 19.0 Å². The molecule has 5 nitrogen and oxygen atoms in total. The van der Waals surface area contributed by atoms with Crippen LogP contribution in [-0.4, -0.2) is 37.0 Å². The molecule has 0 saturated carbocycles. The fourth-order valence-electron chi connectivity index (χ4n) is 3.21. The minimum absolute atomic E-state index is 0.0190. The quantitative estimate of drug-likeness (QED) is 0.871. The zero-order valence-electron chi connectivity index (χ0n) is 14.3. The maximum absolute atomic E-state index is 12.0. The van der Waals surface area contributed by atoms with Crippen molar-refractivity contribution in [2.24, 2.45) is 0 Å². The monoisotopic (exact) mass is 338 g/mol. The molecule has 0 bridgehead atoms. The number of carbonyl (C=O) groups excluding carboxylic acids is 2. The van der Waals surface area contributed by atoms with E-state index in [0.29, 0.717) is 25.1 Å². The molecule has 1 saturated heterocycles. The summed E-state index contributed by atoms with van der Waals surface area (Å²) in [5, 5.41) is 2.94. The minimum atomic E-state index is -0.339. The van der Waals surface area contributed by atoms with Gasteiger partial charge in [-0.2, -0.15) is 0 Å². The molecule has 25 heavy (non-hydrogen) atoms. The Bertz CT molecular complexity index is 746. The smallest absolute Gasteiger partial charge is 0.337 e. The summed E-state index contributed by atoms with van der Waals surface area (Å²) >= 11 is 0. The number of nitrogens with zero attached hydrogens (tertiary/aromatic N) is 1. The average Bonchev–Trinajstić information content (AvgIpc) is 2.83. The van der Waals surface area contributed by atoms with Gasteiger partial charge in [0.05, 0.1) is 12.7 Å². The number of esters is 1. The molecule has 1 heterocycles. The summed E-state index contributed by atoms with van der Waals surface area (Å²) in [5.74, 6) is -0.270. The Morgan fingerprint density at radius 3 is 2.76 bits per heavy atom. The van der Waals surface area contributed by atoms with Crippen molar-refractivity contribution in [3.05, 3.63) is 71.3 Å². The Labute approximate surface area is 147 Å². The fraction of sp³-hybridized carbons (Fsp3) is 0.300. The molecule has 1 amide bonds. The van der Waals surface area contributed by atoms with Crippen molar-refractivity contribution < 1.29 is 14.3 Å². The van der Waals surface area contributed by atoms with Crippen LogP contribution in [0.15, 0.2) is 54.6 Å². The van der Waals surface area contributed by atoms with Crippen LogP contribution in [0.3, 0.4) is 0 Å². The Morgan fingerprint density at radius 1 is 1.20 bits per heavy atom. The normalized spacial score (nSPS) is 18.3. The van der Waals surface area contributed by atoms with Gasteiger partial charge < -0.3 is 10.1 Å². The van der Waals surface area contributed by atoms with E-state index in [4.69, 9.17) is 4.74 Å². The van der Waals surface area contributed by atoms with Crippen LogP contribution < -0.4 is 5.32 Å². The maximum atomic E-state index is 12.0. The number of amides is 1. The van der Waals surface area contributed by atoms with E-state index in [9.17, 15) is 9.59 Å². The van der Waals surface area contributed by atoms with Crippen LogP contribution in [0.1, 0.15) is 33.9 Å². The number of rotatable bonds is 4. The summed E-state index contributed by atoms with van der Waals surface area (Å²) in [7, 11) is 1.38. The standard InChI is InChI=1S/C20H22N2O3/c1-25-20(24)17-9-5-6-15(12-17)14-22-11-10-21-19(23)13-18(22)16-7-3-2-4-8-16/h2-9,12,18H,10-11,13-14H2,1H3,(H,21,23)/t18-/m0/s1. The number of carbonyl (C=O) groups is 2. The molecule has 1 fully saturated rings. The number of hydrogen-bond donors (Lipinski definition) is 1. The van der Waals surface area contributed by atoms with Crippen LogP contribution in [0, 0.1) is 0 Å². The first-order valence-corrected chi connectivity index (χ1v) is 8.40. The van der Waals surface area contributed by atoms with Gasteiger partial charge in [0.1, 0.15) is 0 Å². The summed E-state index contributed by atoms with van der Waals surface area (Å²) in [4.78, 5) is 26.1. The number of benzene rings is 2. The highest BCUT2D eigenvalue weighted by Crippen LogP contribution is 2.27. The van der Waals surface area contributed by atoms with Crippen LogP contribution in [-0.2, 0) is 16.1 Å². The lowest BCUT2D eigenvalue weighted by molar-refractivity contribution is -0.121. The van der Waals surface area contributed by atoms with E-state index in [2.05, 4.69) is 22.3 Å². The largest absolute Gasteiger partial charge is 0.465 e. The fourth-order valence-corrected chi connectivity index (χ4v) is 3.21. The van der Waals surface area contributed by atoms with E-state index in [1.165, 1.54) is 7.11 Å². The van der Waals surface area contributed by atoms with Crippen molar-refractivity contribution in [2.75, 3.05) is 20.2 Å². The summed E-state index contributed by atoms with van der Waals surface area (Å²) < 4.78 is 4.80. The third kappa shape index (κ3) is 4.25. The van der Waals surface area contributed by atoms with E-state index in [-0.39, 0.29) is 17.9 Å². The van der Waals surface area contributed by atoms with E-state index >= 15 is 0 Å². The van der Waals surface area contributed by atoms with E-state index in [0.717, 1.165) is 17.7 Å². The van der Waals surface area contributed by atoms with Crippen LogP contribution in [0.5, 0.6) is 0 Å². The zero-order chi connectivity index (χ0) is 17.6. The molecule has 3 rings (SSSR count). The van der Waals surface area contributed by atoms with Crippen molar-refractivity contribution in [1.82, 2.24) is 10.2 Å². The van der Waals surface area contributed by atoms with Gasteiger partial charge in [0.15, 0.2) is 0 Å². The Morgan fingerprint density at radius 2 is 2.00 bits per heavy atom. The van der Waals surface area contributed by atoms with Crippen LogP contribution in [0.25, 0.3) is 0 Å². The number of nitrogens with one attached hydrogen (secondary N) is 1. The van der Waals surface area contributed by atoms with Gasteiger partial charge in [0.2, 0.25) is 5.91 Å². The second kappa shape index (κ2) is 7.94. The molecule has 130 valence electrons. The van der Waals surface area contributed by atoms with Crippen molar-refractivity contribution in [3.8, 4) is 0 Å². The lowest BCUT2D eigenvalue weighted by atomic mass is 10.0. The summed E-state index contributed by atoms with van der Waals surface area (Å²) in [5.41, 5.74) is 2.70. The molecule has 0 spiro atoms. The molecule has 2 aromatic rings. The highest BCUT2D eigenvalue weighted by atomic mass is 16.5. The Kier molecular flexibility index (Phi) is 5.46. The topological polar surface area (TPSA) is 58.6 Å². The molecule has 0 radical (unpaired) electrons. The van der Waals surface area contributed by atoms with Gasteiger partial charge in [-0.05, 0) is 23.3 Å². The molecule has 0 unspecified atom stereocenters. The maximum Gasteiger partial charge on any atom is 0.337 e. The first kappa shape index (κ1) is 17.2. The highest BCUT2D eigenvalue weighted by molar-refractivity contribution is 5.89. The lowest BCUT2D eigenvalue weighted by Gasteiger charge is -2.29. The molecule has 0 aromatic heterocycles. The Hall–Kier alpha value is -2.66. The predicted octanol–water partition coefficient (Wildman–Crippen LogP) is 2.54. The average molecular weight is 338 g/mol. The first-order valence-electron chi connectivity index (χ1n) is 8.40. The first-order chi connectivity index (χ1) is 12.2. The third-order valence-corrected chi connectivity index (χ3v) is 4.46. The molecule has 2 aromatic carbocycles. The Balaban J connectivity index is 1.85. The highest BCUT2D eigenvalue weighted by Gasteiger charge is 2.26. The molecular formula is C20H22N2O3. The van der Waals surface area contributed by atoms with Gasteiger partial charge in [-0.1, -0.05) is 42.5 Å². The van der Waals surface area contributed by atoms with E-state index in [1.54, 1.807) is 6.07 Å². The molecule has 1 N–H and O–H groups in total. The van der Waals surface area contributed by atoms with Gasteiger partial charge in [-0.25, -0.2) is 4.79 Å². The number of hydrogen-bond acceptors (Lipinski definition) is 4. The van der Waals surface area contributed by atoms with Crippen molar-refractivity contribution in [1.29, 1.82) is 0 Å². The summed E-state index contributed by atoms with van der Waals surface area (Å²) in [6, 6.07) is 17.6. The molecule has 5 heteroatoms. The zero-order valence-corrected chi connectivity index (χ0v) is 14.3. The lowest BCUT2D eigenvalue weighted by Crippen LogP contribution is -2.30. The van der Waals surface area contributed by atoms with Gasteiger partial charge in [-0.3, -0.25) is 9.69 Å². The van der Waals surface area contributed by atoms with Gasteiger partial charge in [0.25, 0.3) is 0 Å². The van der Waals surface area contributed by atoms with Crippen LogP contribution >= 0.6 is 0 Å². The second-order valence-corrected chi connectivity index (χ2v) is 6.14. The molecular weight excluding hydrogens is 316 g/mol. The number of ether oxygens (including phenoxy) is 1. The van der Waals surface area contributed by atoms with E-state index in [1.807, 2.05) is 36.4 Å². The van der Waals surface area contributed by atoms with Crippen LogP contribution in [0.2, 0.25) is 0 Å². The SMILES string of the molecule is COC(=O)c1cccc(CN2CCNC(=O)C[C@H]2c2ccccc2)c1. The molecule has 1 aliphatic rings. The van der Waals surface area contributed by atoms with Crippen molar-refractivity contribution in [3.63, 3.8) is 0 Å². The predicted molar refractivity (Wildman–Crippen MR) is 95.0 cm³/mol. The summed E-state index contributed by atoms with van der Waals surface area (Å²) in [6.45, 7) is 2.05. The van der Waals surface area contributed by atoms with Crippen molar-refractivity contribution >= 4 is 11.9 Å². The van der Waals surface area contributed by atoms with Gasteiger partial charge in [-0.15, -0.1) is 0 Å². The molecule has 1 atom stereocenters. The molecule has 1 aliphatic heterocycles. The number of methoxy groups -OCH3 is 1. The molecule has 0 aliphatic carbocycles. The van der Waals surface area contributed by atoms with Gasteiger partial charge >= 0.3 is 5.97 Å². The second-order valence-electron chi connectivity index (χ2n) is 6.14. The minimum Gasteiger partial charge on any atom is -0.465 e. The third-order valence-electron chi connectivity index (χ3n) is 4.46. The van der Waals surface area contributed by atoms with Crippen LogP contribution in [0.4, 0.5) is 0 Å². The van der Waals surface area contributed by atoms with Gasteiger partial charge in [0, 0.05) is 32.1 Å².